The number of nitrogens with zero attached hydrogens (tertiary/aromatic N) is 3. The number of hydrogen-bond donors (Lipinski definition) is 0. The summed E-state index contributed by atoms with van der Waals surface area (Å²) in [5.74, 6) is -1.41. The molecule has 1 aliphatic heterocycles. The zero-order valence-electron chi connectivity index (χ0n) is 17.5. The number of benzene rings is 2. The Morgan fingerprint density at radius 3 is 2.31 bits per heavy atom. The first-order chi connectivity index (χ1) is 15.6. The SMILES string of the molecule is O=C1C2CC=CCC2C(=O)N1CC(=O)N(CCc1ccccc1)c1nc2ccccc2s1. The Morgan fingerprint density at radius 2 is 1.62 bits per heavy atom. The van der Waals surface area contributed by atoms with Crippen LogP contribution in [0.15, 0.2) is 66.7 Å². The Kier molecular flexibility index (Phi) is 5.57. The molecule has 2 atom stereocenters. The summed E-state index contributed by atoms with van der Waals surface area (Å²) < 4.78 is 0.991. The summed E-state index contributed by atoms with van der Waals surface area (Å²) in [6, 6.07) is 17.7. The van der Waals surface area contributed by atoms with Crippen molar-refractivity contribution in [2.75, 3.05) is 18.0 Å². The molecule has 0 spiro atoms. The maximum atomic E-state index is 13.4. The Bertz CT molecular complexity index is 1140. The highest BCUT2D eigenvalue weighted by molar-refractivity contribution is 7.22. The molecular weight excluding hydrogens is 422 g/mol. The molecule has 2 aliphatic rings. The first-order valence-corrected chi connectivity index (χ1v) is 11.6. The van der Waals surface area contributed by atoms with Gasteiger partial charge in [0.1, 0.15) is 6.54 Å². The van der Waals surface area contributed by atoms with Crippen LogP contribution in [-0.4, -0.2) is 40.7 Å². The van der Waals surface area contributed by atoms with E-state index in [9.17, 15) is 14.4 Å². The molecule has 3 amide bonds. The van der Waals surface area contributed by atoms with Crippen LogP contribution in [0.4, 0.5) is 5.13 Å². The summed E-state index contributed by atoms with van der Waals surface area (Å²) in [6.45, 7) is 0.183. The van der Waals surface area contributed by atoms with Crippen LogP contribution in [0.3, 0.4) is 0 Å². The minimum absolute atomic E-state index is 0.231. The topological polar surface area (TPSA) is 70.6 Å². The van der Waals surface area contributed by atoms with Crippen molar-refractivity contribution in [3.05, 3.63) is 72.3 Å². The number of allylic oxidation sites excluding steroid dienone is 2. The fraction of sp³-hybridized carbons (Fsp3) is 0.280. The van der Waals surface area contributed by atoms with E-state index >= 15 is 0 Å². The average Bonchev–Trinajstić information content (AvgIpc) is 3.35. The summed E-state index contributed by atoms with van der Waals surface area (Å²) >= 11 is 1.44. The van der Waals surface area contributed by atoms with E-state index in [1.165, 1.54) is 11.3 Å². The van der Waals surface area contributed by atoms with Gasteiger partial charge in [0.2, 0.25) is 17.7 Å². The van der Waals surface area contributed by atoms with Crippen LogP contribution < -0.4 is 4.90 Å². The van der Waals surface area contributed by atoms with Crippen LogP contribution >= 0.6 is 11.3 Å². The molecule has 162 valence electrons. The van der Waals surface area contributed by atoms with Crippen LogP contribution in [-0.2, 0) is 20.8 Å². The van der Waals surface area contributed by atoms with E-state index in [0.717, 1.165) is 20.7 Å². The summed E-state index contributed by atoms with van der Waals surface area (Å²) in [5.41, 5.74) is 1.94. The van der Waals surface area contributed by atoms with Crippen LogP contribution in [0.25, 0.3) is 10.2 Å². The van der Waals surface area contributed by atoms with Gasteiger partial charge in [-0.2, -0.15) is 0 Å². The van der Waals surface area contributed by atoms with Gasteiger partial charge in [-0.25, -0.2) is 4.98 Å². The van der Waals surface area contributed by atoms with Crippen LogP contribution in [0.5, 0.6) is 0 Å². The molecule has 0 radical (unpaired) electrons. The molecule has 2 aromatic carbocycles. The first kappa shape index (κ1) is 20.6. The molecule has 6 nitrogen and oxygen atoms in total. The zero-order chi connectivity index (χ0) is 22.1. The Balaban J connectivity index is 1.39. The van der Waals surface area contributed by atoms with E-state index in [-0.39, 0.29) is 36.1 Å². The lowest BCUT2D eigenvalue weighted by atomic mass is 9.85. The lowest BCUT2D eigenvalue weighted by Gasteiger charge is -2.23. The van der Waals surface area contributed by atoms with Crippen LogP contribution in [0.1, 0.15) is 18.4 Å². The maximum Gasteiger partial charge on any atom is 0.248 e. The summed E-state index contributed by atoms with van der Waals surface area (Å²) in [6.07, 6.45) is 5.68. The number of aromatic nitrogens is 1. The second-order valence-corrected chi connectivity index (χ2v) is 9.17. The predicted molar refractivity (Wildman–Crippen MR) is 124 cm³/mol. The number of carbonyl (C=O) groups excluding carboxylic acids is 3. The normalized spacial score (nSPS) is 20.1. The highest BCUT2D eigenvalue weighted by Gasteiger charge is 2.48. The van der Waals surface area contributed by atoms with Gasteiger partial charge in [-0.05, 0) is 37.0 Å². The number of carbonyl (C=O) groups is 3. The van der Waals surface area contributed by atoms with Gasteiger partial charge in [-0.15, -0.1) is 0 Å². The number of thiazole rings is 1. The van der Waals surface area contributed by atoms with E-state index < -0.39 is 0 Å². The third-order valence-electron chi connectivity index (χ3n) is 6.17. The molecule has 1 aromatic heterocycles. The molecule has 0 N–H and O–H groups in total. The van der Waals surface area contributed by atoms with E-state index in [4.69, 9.17) is 0 Å². The van der Waals surface area contributed by atoms with E-state index in [1.807, 2.05) is 66.7 Å². The van der Waals surface area contributed by atoms with Crippen molar-refractivity contribution in [3.8, 4) is 0 Å². The second-order valence-electron chi connectivity index (χ2n) is 8.16. The van der Waals surface area contributed by atoms with Crippen molar-refractivity contribution < 1.29 is 14.4 Å². The summed E-state index contributed by atoms with van der Waals surface area (Å²) in [7, 11) is 0. The number of hydrogen-bond acceptors (Lipinski definition) is 5. The minimum atomic E-state index is -0.333. The average molecular weight is 446 g/mol. The summed E-state index contributed by atoms with van der Waals surface area (Å²) in [4.78, 5) is 46.6. The standard InChI is InChI=1S/C25H23N3O3S/c29-22(16-28-23(30)18-10-4-5-11-19(18)24(28)31)27(15-14-17-8-2-1-3-9-17)25-26-20-12-6-7-13-21(20)32-25/h1-9,12-13,18-19H,10-11,14-16H2. The molecule has 7 heteroatoms. The van der Waals surface area contributed by atoms with Gasteiger partial charge in [0.25, 0.3) is 0 Å². The van der Waals surface area contributed by atoms with Crippen molar-refractivity contribution in [2.45, 2.75) is 19.3 Å². The number of fused-ring (bicyclic) bond motifs is 2. The van der Waals surface area contributed by atoms with E-state index in [0.29, 0.717) is 30.9 Å². The predicted octanol–water partition coefficient (Wildman–Crippen LogP) is 3.82. The number of anilines is 1. The zero-order valence-corrected chi connectivity index (χ0v) is 18.3. The smallest absolute Gasteiger partial charge is 0.248 e. The van der Waals surface area contributed by atoms with Gasteiger partial charge in [-0.1, -0.05) is 66.0 Å². The van der Waals surface area contributed by atoms with Gasteiger partial charge < -0.3 is 0 Å². The molecule has 1 saturated heterocycles. The highest BCUT2D eigenvalue weighted by atomic mass is 32.1. The van der Waals surface area contributed by atoms with Gasteiger partial charge >= 0.3 is 0 Å². The molecule has 0 bridgehead atoms. The number of imide groups is 1. The van der Waals surface area contributed by atoms with E-state index in [1.54, 1.807) is 4.90 Å². The van der Waals surface area contributed by atoms with Gasteiger partial charge in [0.05, 0.1) is 22.1 Å². The third kappa shape index (κ3) is 3.84. The Hall–Kier alpha value is -3.32. The molecule has 32 heavy (non-hydrogen) atoms. The largest absolute Gasteiger partial charge is 0.286 e. The lowest BCUT2D eigenvalue weighted by molar-refractivity contribution is -0.143. The molecule has 2 unspecified atom stereocenters. The van der Waals surface area contributed by atoms with Crippen LogP contribution in [0, 0.1) is 11.8 Å². The van der Waals surface area contributed by atoms with Crippen molar-refractivity contribution in [1.82, 2.24) is 9.88 Å². The summed E-state index contributed by atoms with van der Waals surface area (Å²) in [5, 5.41) is 0.588. The fourth-order valence-corrected chi connectivity index (χ4v) is 5.44. The number of likely N-dealkylation sites (tertiary alicyclic amines) is 1. The molecule has 3 aromatic rings. The maximum absolute atomic E-state index is 13.4. The number of amides is 3. The number of para-hydroxylation sites is 1. The molecule has 0 saturated carbocycles. The van der Waals surface area contributed by atoms with Gasteiger partial charge in [0, 0.05) is 6.54 Å². The minimum Gasteiger partial charge on any atom is -0.286 e. The van der Waals surface area contributed by atoms with Crippen LogP contribution in [0.2, 0.25) is 0 Å². The van der Waals surface area contributed by atoms with Crippen molar-refractivity contribution in [3.63, 3.8) is 0 Å². The molecular formula is C25H23N3O3S. The molecule has 1 fully saturated rings. The third-order valence-corrected chi connectivity index (χ3v) is 7.23. The fourth-order valence-electron chi connectivity index (χ4n) is 4.43. The van der Waals surface area contributed by atoms with Crippen molar-refractivity contribution >= 4 is 44.4 Å². The quantitative estimate of drug-likeness (QED) is 0.427. The Labute approximate surface area is 190 Å². The molecule has 1 aliphatic carbocycles. The van der Waals surface area contributed by atoms with E-state index in [2.05, 4.69) is 4.98 Å². The Morgan fingerprint density at radius 1 is 0.969 bits per heavy atom. The van der Waals surface area contributed by atoms with Crippen molar-refractivity contribution in [2.24, 2.45) is 11.8 Å². The van der Waals surface area contributed by atoms with Gasteiger partial charge in [0.15, 0.2) is 5.13 Å². The first-order valence-electron chi connectivity index (χ1n) is 10.8. The molecule has 5 rings (SSSR count). The lowest BCUT2D eigenvalue weighted by Crippen LogP contribution is -2.44. The number of rotatable bonds is 6. The second kappa shape index (κ2) is 8.67. The monoisotopic (exact) mass is 445 g/mol. The van der Waals surface area contributed by atoms with Gasteiger partial charge in [-0.3, -0.25) is 24.2 Å². The highest BCUT2D eigenvalue weighted by Crippen LogP contribution is 2.35. The molecule has 2 heterocycles. The van der Waals surface area contributed by atoms with Crippen molar-refractivity contribution in [1.29, 1.82) is 0 Å².